The fourth-order valence-corrected chi connectivity index (χ4v) is 2.59. The Morgan fingerprint density at radius 2 is 2.19 bits per heavy atom. The fraction of sp³-hybridized carbons (Fsp3) is 0.438. The number of piperidine rings is 1. The smallest absolute Gasteiger partial charge is 0.307 e. The predicted molar refractivity (Wildman–Crippen MR) is 76.8 cm³/mol. The molecular weight excluding hydrogens is 276 g/mol. The van der Waals surface area contributed by atoms with Crippen LogP contribution in [0.3, 0.4) is 0 Å². The van der Waals surface area contributed by atoms with Gasteiger partial charge in [0.25, 0.3) is 0 Å². The van der Waals surface area contributed by atoms with E-state index in [0.717, 1.165) is 12.5 Å². The average Bonchev–Trinajstić information content (AvgIpc) is 2.43. The largest absolute Gasteiger partial charge is 0.481 e. The van der Waals surface area contributed by atoms with Gasteiger partial charge in [-0.1, -0.05) is 12.2 Å². The molecule has 0 aromatic heterocycles. The lowest BCUT2D eigenvalue weighted by molar-refractivity contribution is -0.144. The van der Waals surface area contributed by atoms with E-state index >= 15 is 0 Å². The van der Waals surface area contributed by atoms with E-state index in [-0.39, 0.29) is 5.92 Å². The molecule has 1 aromatic carbocycles. The van der Waals surface area contributed by atoms with E-state index in [0.29, 0.717) is 31.1 Å². The lowest BCUT2D eigenvalue weighted by atomic mass is 9.93. The zero-order valence-electron chi connectivity index (χ0n) is 11.9. The van der Waals surface area contributed by atoms with E-state index < -0.39 is 17.6 Å². The van der Waals surface area contributed by atoms with Crippen LogP contribution in [-0.2, 0) is 4.79 Å². The number of carbonyl (C=O) groups is 1. The second-order valence-corrected chi connectivity index (χ2v) is 5.48. The summed E-state index contributed by atoms with van der Waals surface area (Å²) in [5.74, 6) is -2.29. The first-order valence-corrected chi connectivity index (χ1v) is 7.06. The molecule has 1 aliphatic heterocycles. The summed E-state index contributed by atoms with van der Waals surface area (Å²) in [4.78, 5) is 13.1. The normalized spacial score (nSPS) is 23.6. The van der Waals surface area contributed by atoms with Crippen LogP contribution in [0.15, 0.2) is 24.3 Å². The molecule has 5 heteroatoms. The second-order valence-electron chi connectivity index (χ2n) is 5.48. The van der Waals surface area contributed by atoms with Crippen molar-refractivity contribution in [3.8, 4) is 0 Å². The van der Waals surface area contributed by atoms with Gasteiger partial charge in [-0.15, -0.1) is 0 Å². The molecule has 0 radical (unpaired) electrons. The Kier molecular flexibility index (Phi) is 5.07. The van der Waals surface area contributed by atoms with E-state index in [1.807, 2.05) is 0 Å². The highest BCUT2D eigenvalue weighted by molar-refractivity contribution is 5.70. The number of halogens is 2. The minimum absolute atomic E-state index is 0.309. The van der Waals surface area contributed by atoms with E-state index in [1.165, 1.54) is 12.1 Å². The number of rotatable bonds is 4. The first-order chi connectivity index (χ1) is 9.97. The summed E-state index contributed by atoms with van der Waals surface area (Å²) in [7, 11) is 0. The molecule has 2 unspecified atom stereocenters. The monoisotopic (exact) mass is 295 g/mol. The van der Waals surface area contributed by atoms with Crippen LogP contribution in [0.2, 0.25) is 0 Å². The SMILES string of the molecule is CC1CCC(C(=O)O)CN1C/C=C/c1ccc(F)cc1F. The molecule has 1 heterocycles. The fourth-order valence-electron chi connectivity index (χ4n) is 2.59. The van der Waals surface area contributed by atoms with Crippen LogP contribution in [0.25, 0.3) is 6.08 Å². The molecule has 0 amide bonds. The summed E-state index contributed by atoms with van der Waals surface area (Å²) in [6, 6.07) is 3.76. The van der Waals surface area contributed by atoms with Gasteiger partial charge in [0.1, 0.15) is 11.6 Å². The molecule has 0 spiro atoms. The Morgan fingerprint density at radius 1 is 1.43 bits per heavy atom. The highest BCUT2D eigenvalue weighted by atomic mass is 19.1. The quantitative estimate of drug-likeness (QED) is 0.927. The molecule has 3 nitrogen and oxygen atoms in total. The molecule has 21 heavy (non-hydrogen) atoms. The van der Waals surface area contributed by atoms with Gasteiger partial charge in [0, 0.05) is 30.8 Å². The molecule has 0 saturated carbocycles. The van der Waals surface area contributed by atoms with Crippen LogP contribution < -0.4 is 0 Å². The maximum Gasteiger partial charge on any atom is 0.307 e. The molecule has 1 fully saturated rings. The Morgan fingerprint density at radius 3 is 2.86 bits per heavy atom. The van der Waals surface area contributed by atoms with Gasteiger partial charge in [0.2, 0.25) is 0 Å². The van der Waals surface area contributed by atoms with Crippen molar-refractivity contribution in [2.75, 3.05) is 13.1 Å². The van der Waals surface area contributed by atoms with Crippen molar-refractivity contribution in [3.05, 3.63) is 41.5 Å². The van der Waals surface area contributed by atoms with Crippen LogP contribution >= 0.6 is 0 Å². The third-order valence-electron chi connectivity index (χ3n) is 3.96. The molecule has 2 atom stereocenters. The maximum absolute atomic E-state index is 13.5. The van der Waals surface area contributed by atoms with Crippen molar-refractivity contribution in [1.82, 2.24) is 4.90 Å². The number of likely N-dealkylation sites (tertiary alicyclic amines) is 1. The van der Waals surface area contributed by atoms with Crippen molar-refractivity contribution in [2.24, 2.45) is 5.92 Å². The van der Waals surface area contributed by atoms with Crippen molar-refractivity contribution < 1.29 is 18.7 Å². The van der Waals surface area contributed by atoms with E-state index in [9.17, 15) is 13.6 Å². The maximum atomic E-state index is 13.5. The van der Waals surface area contributed by atoms with Crippen LogP contribution in [0.4, 0.5) is 8.78 Å². The van der Waals surface area contributed by atoms with Crippen molar-refractivity contribution in [3.63, 3.8) is 0 Å². The summed E-state index contributed by atoms with van der Waals surface area (Å²) in [5, 5.41) is 9.08. The Balaban J connectivity index is 1.97. The highest BCUT2D eigenvalue weighted by Crippen LogP contribution is 2.22. The first-order valence-electron chi connectivity index (χ1n) is 7.06. The number of aliphatic carboxylic acids is 1. The summed E-state index contributed by atoms with van der Waals surface area (Å²) in [6.07, 6.45) is 4.93. The Labute approximate surface area is 122 Å². The number of nitrogens with zero attached hydrogens (tertiary/aromatic N) is 1. The Hall–Kier alpha value is -1.75. The molecule has 114 valence electrons. The summed E-state index contributed by atoms with van der Waals surface area (Å²) in [5.41, 5.74) is 0.329. The van der Waals surface area contributed by atoms with Gasteiger partial charge in [0.15, 0.2) is 0 Å². The van der Waals surface area contributed by atoms with Crippen LogP contribution in [0, 0.1) is 17.6 Å². The van der Waals surface area contributed by atoms with Gasteiger partial charge in [-0.05, 0) is 31.9 Å². The van der Waals surface area contributed by atoms with E-state index in [4.69, 9.17) is 5.11 Å². The van der Waals surface area contributed by atoms with Crippen LogP contribution in [0.5, 0.6) is 0 Å². The van der Waals surface area contributed by atoms with Crippen molar-refractivity contribution in [1.29, 1.82) is 0 Å². The Bertz CT molecular complexity index is 545. The molecular formula is C16H19F2NO2. The topological polar surface area (TPSA) is 40.5 Å². The number of hydrogen-bond donors (Lipinski definition) is 1. The van der Waals surface area contributed by atoms with Gasteiger partial charge >= 0.3 is 5.97 Å². The third-order valence-corrected chi connectivity index (χ3v) is 3.96. The average molecular weight is 295 g/mol. The van der Waals surface area contributed by atoms with Crippen molar-refractivity contribution in [2.45, 2.75) is 25.8 Å². The standard InChI is InChI=1S/C16H19F2NO2/c1-11-4-5-13(16(20)21)10-19(11)8-2-3-12-6-7-14(17)9-15(12)18/h2-3,6-7,9,11,13H,4-5,8,10H2,1H3,(H,20,21)/b3-2+. The van der Waals surface area contributed by atoms with Gasteiger partial charge in [-0.3, -0.25) is 9.69 Å². The molecule has 1 N–H and O–H groups in total. The summed E-state index contributed by atoms with van der Waals surface area (Å²) >= 11 is 0. The van der Waals surface area contributed by atoms with Crippen LogP contribution in [0.1, 0.15) is 25.3 Å². The molecule has 0 bridgehead atoms. The van der Waals surface area contributed by atoms with Gasteiger partial charge in [0.05, 0.1) is 5.92 Å². The minimum Gasteiger partial charge on any atom is -0.481 e. The zero-order chi connectivity index (χ0) is 15.4. The lowest BCUT2D eigenvalue weighted by Gasteiger charge is -2.35. The van der Waals surface area contributed by atoms with Crippen molar-refractivity contribution >= 4 is 12.0 Å². The number of carboxylic acid groups (broad SMARTS) is 1. The molecule has 1 saturated heterocycles. The zero-order valence-corrected chi connectivity index (χ0v) is 11.9. The van der Waals surface area contributed by atoms with E-state index in [1.54, 1.807) is 12.2 Å². The van der Waals surface area contributed by atoms with E-state index in [2.05, 4.69) is 11.8 Å². The number of hydrogen-bond acceptors (Lipinski definition) is 2. The number of carboxylic acids is 1. The highest BCUT2D eigenvalue weighted by Gasteiger charge is 2.28. The van der Waals surface area contributed by atoms with Crippen LogP contribution in [-0.4, -0.2) is 35.1 Å². The lowest BCUT2D eigenvalue weighted by Crippen LogP contribution is -2.44. The van der Waals surface area contributed by atoms with Gasteiger partial charge < -0.3 is 5.11 Å². The number of benzene rings is 1. The minimum atomic E-state index is -0.763. The predicted octanol–water partition coefficient (Wildman–Crippen LogP) is 3.16. The third kappa shape index (κ3) is 4.11. The first kappa shape index (κ1) is 15.6. The molecule has 0 aliphatic carbocycles. The summed E-state index contributed by atoms with van der Waals surface area (Å²) < 4.78 is 26.3. The second kappa shape index (κ2) is 6.80. The van der Waals surface area contributed by atoms with Gasteiger partial charge in [-0.2, -0.15) is 0 Å². The molecule has 1 aromatic rings. The molecule has 1 aliphatic rings. The summed E-state index contributed by atoms with van der Waals surface area (Å²) in [6.45, 7) is 3.12. The molecule has 2 rings (SSSR count). The van der Waals surface area contributed by atoms with Gasteiger partial charge in [-0.25, -0.2) is 8.78 Å².